The van der Waals surface area contributed by atoms with Gasteiger partial charge in [0.15, 0.2) is 0 Å². The topological polar surface area (TPSA) is 32.3 Å². The molecule has 1 amide bonds. The molecule has 0 spiro atoms. The fourth-order valence-corrected chi connectivity index (χ4v) is 4.56. The van der Waals surface area contributed by atoms with Gasteiger partial charge in [0, 0.05) is 24.0 Å². The van der Waals surface area contributed by atoms with Crippen molar-refractivity contribution in [2.75, 3.05) is 13.1 Å². The van der Waals surface area contributed by atoms with Crippen LogP contribution in [0.2, 0.25) is 0 Å². The standard InChI is InChI=1S/C17H30N2O/c1-17(10-4-2-5-11-17)16(20)19-13-6-3-9-15(19)14-8-7-12-18-14/h14-15,18H,2-13H2,1H3. The van der Waals surface area contributed by atoms with E-state index < -0.39 is 0 Å². The number of nitrogens with zero attached hydrogens (tertiary/aromatic N) is 1. The molecule has 2 saturated heterocycles. The van der Waals surface area contributed by atoms with Crippen molar-refractivity contribution in [3.63, 3.8) is 0 Å². The van der Waals surface area contributed by atoms with Gasteiger partial charge < -0.3 is 10.2 Å². The molecule has 0 radical (unpaired) electrons. The highest BCUT2D eigenvalue weighted by Crippen LogP contribution is 2.39. The van der Waals surface area contributed by atoms with E-state index in [0.29, 0.717) is 18.0 Å². The number of nitrogens with one attached hydrogen (secondary N) is 1. The molecule has 20 heavy (non-hydrogen) atoms. The maximum Gasteiger partial charge on any atom is 0.228 e. The Kier molecular flexibility index (Phi) is 4.34. The summed E-state index contributed by atoms with van der Waals surface area (Å²) < 4.78 is 0. The van der Waals surface area contributed by atoms with Gasteiger partial charge in [0.25, 0.3) is 0 Å². The summed E-state index contributed by atoms with van der Waals surface area (Å²) in [7, 11) is 0. The first-order valence-corrected chi connectivity index (χ1v) is 8.75. The fraction of sp³-hybridized carbons (Fsp3) is 0.941. The second kappa shape index (κ2) is 6.05. The molecule has 0 aromatic rings. The summed E-state index contributed by atoms with van der Waals surface area (Å²) >= 11 is 0. The van der Waals surface area contributed by atoms with Crippen molar-refractivity contribution >= 4 is 5.91 Å². The zero-order chi connectivity index (χ0) is 14.0. The Morgan fingerprint density at radius 2 is 1.85 bits per heavy atom. The molecule has 2 aliphatic heterocycles. The number of piperidine rings is 1. The zero-order valence-corrected chi connectivity index (χ0v) is 13.0. The quantitative estimate of drug-likeness (QED) is 0.842. The third-order valence-corrected chi connectivity index (χ3v) is 5.85. The van der Waals surface area contributed by atoms with Crippen molar-refractivity contribution in [1.82, 2.24) is 10.2 Å². The summed E-state index contributed by atoms with van der Waals surface area (Å²) in [4.78, 5) is 15.4. The van der Waals surface area contributed by atoms with Gasteiger partial charge in [-0.05, 0) is 51.5 Å². The maximum absolute atomic E-state index is 13.1. The second-order valence-electron chi connectivity index (χ2n) is 7.39. The van der Waals surface area contributed by atoms with Gasteiger partial charge in [-0.1, -0.05) is 26.2 Å². The molecule has 3 rings (SSSR count). The predicted molar refractivity (Wildman–Crippen MR) is 81.6 cm³/mol. The van der Waals surface area contributed by atoms with Crippen LogP contribution in [0, 0.1) is 5.41 Å². The highest BCUT2D eigenvalue weighted by molar-refractivity contribution is 5.83. The Bertz CT molecular complexity index is 343. The van der Waals surface area contributed by atoms with E-state index in [9.17, 15) is 4.79 Å². The number of amides is 1. The molecule has 114 valence electrons. The number of rotatable bonds is 2. The Hall–Kier alpha value is -0.570. The molecular formula is C17H30N2O. The van der Waals surface area contributed by atoms with Crippen molar-refractivity contribution < 1.29 is 4.79 Å². The molecule has 1 saturated carbocycles. The minimum absolute atomic E-state index is 0.0631. The van der Waals surface area contributed by atoms with Crippen molar-refractivity contribution in [1.29, 1.82) is 0 Å². The average Bonchev–Trinajstić information content (AvgIpc) is 3.01. The van der Waals surface area contributed by atoms with Gasteiger partial charge in [0.05, 0.1) is 0 Å². The third-order valence-electron chi connectivity index (χ3n) is 5.85. The van der Waals surface area contributed by atoms with E-state index in [4.69, 9.17) is 0 Å². The largest absolute Gasteiger partial charge is 0.338 e. The molecule has 2 atom stereocenters. The van der Waals surface area contributed by atoms with Crippen LogP contribution in [-0.2, 0) is 4.79 Å². The molecule has 2 unspecified atom stereocenters. The molecule has 3 heteroatoms. The van der Waals surface area contributed by atoms with Gasteiger partial charge in [0.2, 0.25) is 5.91 Å². The summed E-state index contributed by atoms with van der Waals surface area (Å²) in [6.07, 6.45) is 12.2. The number of hydrogen-bond donors (Lipinski definition) is 1. The van der Waals surface area contributed by atoms with Crippen molar-refractivity contribution in [3.05, 3.63) is 0 Å². The van der Waals surface area contributed by atoms with E-state index in [0.717, 1.165) is 25.9 Å². The Morgan fingerprint density at radius 1 is 1.05 bits per heavy atom. The predicted octanol–water partition coefficient (Wildman–Crippen LogP) is 3.09. The van der Waals surface area contributed by atoms with Crippen LogP contribution >= 0.6 is 0 Å². The molecule has 0 aromatic carbocycles. The van der Waals surface area contributed by atoms with Gasteiger partial charge in [0.1, 0.15) is 0 Å². The van der Waals surface area contributed by atoms with Crippen LogP contribution in [0.3, 0.4) is 0 Å². The normalized spacial score (nSPS) is 34.1. The SMILES string of the molecule is CC1(C(=O)N2CCCCC2C2CCCN2)CCCCC1. The summed E-state index contributed by atoms with van der Waals surface area (Å²) in [6, 6.07) is 1.03. The molecule has 1 N–H and O–H groups in total. The summed E-state index contributed by atoms with van der Waals surface area (Å²) in [5, 5.41) is 3.63. The van der Waals surface area contributed by atoms with Gasteiger partial charge >= 0.3 is 0 Å². The molecule has 3 fully saturated rings. The third kappa shape index (κ3) is 2.74. The van der Waals surface area contributed by atoms with Crippen molar-refractivity contribution in [2.24, 2.45) is 5.41 Å². The lowest BCUT2D eigenvalue weighted by Gasteiger charge is -2.45. The van der Waals surface area contributed by atoms with Crippen LogP contribution < -0.4 is 5.32 Å². The molecule has 0 bridgehead atoms. The van der Waals surface area contributed by atoms with E-state index in [1.807, 2.05) is 0 Å². The molecule has 3 nitrogen and oxygen atoms in total. The first-order valence-electron chi connectivity index (χ1n) is 8.75. The lowest BCUT2D eigenvalue weighted by molar-refractivity contribution is -0.147. The van der Waals surface area contributed by atoms with Crippen LogP contribution in [-0.4, -0.2) is 36.0 Å². The van der Waals surface area contributed by atoms with E-state index in [-0.39, 0.29) is 5.41 Å². The van der Waals surface area contributed by atoms with Gasteiger partial charge in [-0.3, -0.25) is 4.79 Å². The summed E-state index contributed by atoms with van der Waals surface area (Å²) in [5.74, 6) is 0.468. The van der Waals surface area contributed by atoms with E-state index in [1.54, 1.807) is 0 Å². The zero-order valence-electron chi connectivity index (χ0n) is 13.0. The van der Waals surface area contributed by atoms with E-state index in [2.05, 4.69) is 17.1 Å². The number of likely N-dealkylation sites (tertiary alicyclic amines) is 1. The fourth-order valence-electron chi connectivity index (χ4n) is 4.56. The van der Waals surface area contributed by atoms with Crippen molar-refractivity contribution in [3.8, 4) is 0 Å². The molecule has 1 aliphatic carbocycles. The molecule has 0 aromatic heterocycles. The first kappa shape index (κ1) is 14.4. The Balaban J connectivity index is 1.73. The van der Waals surface area contributed by atoms with Crippen LogP contribution in [0.25, 0.3) is 0 Å². The Morgan fingerprint density at radius 3 is 2.55 bits per heavy atom. The summed E-state index contributed by atoms with van der Waals surface area (Å²) in [5.41, 5.74) is -0.0631. The van der Waals surface area contributed by atoms with E-state index >= 15 is 0 Å². The smallest absolute Gasteiger partial charge is 0.228 e. The number of carbonyl (C=O) groups is 1. The minimum atomic E-state index is -0.0631. The average molecular weight is 278 g/mol. The molecule has 3 aliphatic rings. The highest BCUT2D eigenvalue weighted by atomic mass is 16.2. The monoisotopic (exact) mass is 278 g/mol. The summed E-state index contributed by atoms with van der Waals surface area (Å²) in [6.45, 7) is 4.36. The number of carbonyl (C=O) groups excluding carboxylic acids is 1. The lowest BCUT2D eigenvalue weighted by Crippen LogP contribution is -2.56. The molecule has 2 heterocycles. The second-order valence-corrected chi connectivity index (χ2v) is 7.39. The van der Waals surface area contributed by atoms with Crippen LogP contribution in [0.5, 0.6) is 0 Å². The highest BCUT2D eigenvalue weighted by Gasteiger charge is 2.42. The van der Waals surface area contributed by atoms with Crippen LogP contribution in [0.15, 0.2) is 0 Å². The number of hydrogen-bond acceptors (Lipinski definition) is 2. The minimum Gasteiger partial charge on any atom is -0.338 e. The van der Waals surface area contributed by atoms with Crippen LogP contribution in [0.4, 0.5) is 0 Å². The molecular weight excluding hydrogens is 248 g/mol. The maximum atomic E-state index is 13.1. The van der Waals surface area contributed by atoms with Crippen LogP contribution in [0.1, 0.15) is 71.1 Å². The van der Waals surface area contributed by atoms with E-state index in [1.165, 1.54) is 51.4 Å². The van der Waals surface area contributed by atoms with Gasteiger partial charge in [-0.2, -0.15) is 0 Å². The Labute approximate surface area is 123 Å². The van der Waals surface area contributed by atoms with Gasteiger partial charge in [-0.25, -0.2) is 0 Å². The first-order chi connectivity index (χ1) is 9.71. The van der Waals surface area contributed by atoms with Gasteiger partial charge in [-0.15, -0.1) is 0 Å². The van der Waals surface area contributed by atoms with Crippen molar-refractivity contribution in [2.45, 2.75) is 83.2 Å². The lowest BCUT2D eigenvalue weighted by atomic mass is 9.74.